The average Bonchev–Trinajstić information content (AvgIpc) is 2.68. The Morgan fingerprint density at radius 3 is 2.60 bits per heavy atom. The lowest BCUT2D eigenvalue weighted by Crippen LogP contribution is -2.64. The molecule has 1 amide bonds. The van der Waals surface area contributed by atoms with Crippen LogP contribution in [0.4, 0.5) is 15.8 Å². The molecule has 30 heavy (non-hydrogen) atoms. The largest absolute Gasteiger partial charge is 0.354 e. The van der Waals surface area contributed by atoms with Crippen molar-refractivity contribution in [1.82, 2.24) is 15.8 Å². The van der Waals surface area contributed by atoms with Gasteiger partial charge in [0.25, 0.3) is 11.5 Å². The molecule has 1 fully saturated rings. The summed E-state index contributed by atoms with van der Waals surface area (Å²) in [5.74, 6) is -0.514. The number of rotatable bonds is 3. The third-order valence-electron chi connectivity index (χ3n) is 5.72. The maximum Gasteiger partial charge on any atom is 0.287 e. The minimum atomic E-state index is -0.426. The number of carbonyl (C=O) groups excluding carboxylic acids is 1. The van der Waals surface area contributed by atoms with Crippen molar-refractivity contribution in [3.8, 4) is 0 Å². The summed E-state index contributed by atoms with van der Waals surface area (Å²) in [7, 11) is 3.85. The van der Waals surface area contributed by atoms with Crippen LogP contribution in [0.25, 0.3) is 11.0 Å². The molecule has 162 valence electrons. The van der Waals surface area contributed by atoms with Crippen molar-refractivity contribution in [2.45, 2.75) is 25.9 Å². The van der Waals surface area contributed by atoms with Gasteiger partial charge in [0.15, 0.2) is 5.65 Å². The Morgan fingerprint density at radius 2 is 1.93 bits per heavy atom. The molecular formula is C19H23FI2N6O2. The van der Waals surface area contributed by atoms with Gasteiger partial charge in [-0.3, -0.25) is 9.59 Å². The van der Waals surface area contributed by atoms with Crippen molar-refractivity contribution in [3.05, 3.63) is 27.9 Å². The quantitative estimate of drug-likeness (QED) is 0.379. The number of nitrogens with zero attached hydrogens (tertiary/aromatic N) is 6. The average molecular weight is 640 g/mol. The van der Waals surface area contributed by atoms with Crippen molar-refractivity contribution < 1.29 is 9.18 Å². The molecule has 2 aliphatic rings. The van der Waals surface area contributed by atoms with E-state index in [-0.39, 0.29) is 23.2 Å². The van der Waals surface area contributed by atoms with Crippen LogP contribution in [0.1, 0.15) is 12.6 Å². The van der Waals surface area contributed by atoms with Crippen LogP contribution in [0, 0.1) is 12.7 Å². The van der Waals surface area contributed by atoms with Gasteiger partial charge in [-0.15, -0.1) is 0 Å². The number of hydrogen-bond acceptors (Lipinski definition) is 6. The number of likely N-dealkylation sites (N-methyl/N-ethyl adjacent to an activating group) is 1. The van der Waals surface area contributed by atoms with Gasteiger partial charge < -0.3 is 14.7 Å². The van der Waals surface area contributed by atoms with Crippen LogP contribution < -0.4 is 15.4 Å². The third-order valence-corrected chi connectivity index (χ3v) is 7.96. The second-order valence-electron chi connectivity index (χ2n) is 8.10. The fourth-order valence-electron chi connectivity index (χ4n) is 4.06. The van der Waals surface area contributed by atoms with E-state index in [1.165, 1.54) is 8.85 Å². The van der Waals surface area contributed by atoms with Gasteiger partial charge in [0.1, 0.15) is 17.5 Å². The Labute approximate surface area is 202 Å². The summed E-state index contributed by atoms with van der Waals surface area (Å²) in [5.41, 5.74) is 1.30. The molecule has 0 aromatic carbocycles. The lowest BCUT2D eigenvalue weighted by atomic mass is 10.00. The highest BCUT2D eigenvalue weighted by molar-refractivity contribution is 14.1. The van der Waals surface area contributed by atoms with Gasteiger partial charge in [-0.25, -0.2) is 15.3 Å². The Hall–Kier alpha value is -1.06. The fraction of sp³-hybridized carbons (Fsp3) is 0.526. The van der Waals surface area contributed by atoms with Crippen LogP contribution in [0.3, 0.4) is 0 Å². The molecule has 8 nitrogen and oxygen atoms in total. The zero-order chi connectivity index (χ0) is 21.9. The number of piperazine rings is 1. The summed E-state index contributed by atoms with van der Waals surface area (Å²) in [6.07, 6.45) is 0. The Balaban J connectivity index is 2.03. The topological polar surface area (TPSA) is 64.9 Å². The van der Waals surface area contributed by atoms with E-state index in [1.54, 1.807) is 11.8 Å². The standard InChI is InChI=1S/C19H23FI2N6O2/c1-10-8-26-14(9-27(10)21)18(29)25(6-5-24(3)4)16-15(26)12-7-13(20)11(2)23-17(12)28(22)19(16)30/h7,10,14H,5-6,8-9H2,1-4H3. The minimum Gasteiger partial charge on any atom is -0.354 e. The maximum absolute atomic E-state index is 14.6. The van der Waals surface area contributed by atoms with Gasteiger partial charge in [0, 0.05) is 60.5 Å². The normalized spacial score (nSPS) is 22.1. The number of hydrogen-bond donors (Lipinski definition) is 0. The van der Waals surface area contributed by atoms with Crippen molar-refractivity contribution >= 4 is 74.0 Å². The molecule has 2 aromatic heterocycles. The van der Waals surface area contributed by atoms with Crippen molar-refractivity contribution in [1.29, 1.82) is 0 Å². The number of halogens is 3. The third kappa shape index (κ3) is 3.50. The Kier molecular flexibility index (Phi) is 6.00. The monoisotopic (exact) mass is 640 g/mol. The van der Waals surface area contributed by atoms with E-state index < -0.39 is 11.9 Å². The number of anilines is 2. The number of carbonyl (C=O) groups is 1. The Morgan fingerprint density at radius 1 is 1.23 bits per heavy atom. The molecule has 2 aromatic rings. The van der Waals surface area contributed by atoms with Crippen LogP contribution >= 0.6 is 45.7 Å². The summed E-state index contributed by atoms with van der Waals surface area (Å²) in [6.45, 7) is 5.77. The van der Waals surface area contributed by atoms with E-state index in [9.17, 15) is 14.0 Å². The summed E-state index contributed by atoms with van der Waals surface area (Å²) in [4.78, 5) is 36.8. The van der Waals surface area contributed by atoms with Gasteiger partial charge in [-0.2, -0.15) is 0 Å². The molecule has 0 spiro atoms. The van der Waals surface area contributed by atoms with Gasteiger partial charge in [-0.05, 0) is 34.0 Å². The summed E-state index contributed by atoms with van der Waals surface area (Å²) in [5, 5.41) is 0.559. The van der Waals surface area contributed by atoms with E-state index in [0.29, 0.717) is 48.6 Å². The maximum atomic E-state index is 14.6. The van der Waals surface area contributed by atoms with Gasteiger partial charge in [-0.1, -0.05) is 0 Å². The summed E-state index contributed by atoms with van der Waals surface area (Å²) < 4.78 is 18.1. The van der Waals surface area contributed by atoms with E-state index in [0.717, 1.165) is 0 Å². The lowest BCUT2D eigenvalue weighted by molar-refractivity contribution is -0.120. The molecule has 0 N–H and O–H groups in total. The van der Waals surface area contributed by atoms with Crippen LogP contribution in [0.2, 0.25) is 0 Å². The SMILES string of the molecule is Cc1nc2c(cc1F)c1c(c(=O)n2I)N(CCN(C)C)C(=O)C2CN(I)C(C)CN12. The molecule has 2 atom stereocenters. The highest BCUT2D eigenvalue weighted by atomic mass is 127. The number of amides is 1. The van der Waals surface area contributed by atoms with Crippen LogP contribution in [-0.4, -0.2) is 74.0 Å². The second kappa shape index (κ2) is 8.13. The van der Waals surface area contributed by atoms with Crippen molar-refractivity contribution in [2.75, 3.05) is 50.1 Å². The molecule has 0 aliphatic carbocycles. The van der Waals surface area contributed by atoms with Crippen molar-refractivity contribution in [2.24, 2.45) is 0 Å². The number of aryl methyl sites for hydroxylation is 1. The predicted molar refractivity (Wildman–Crippen MR) is 132 cm³/mol. The number of pyridine rings is 2. The zero-order valence-corrected chi connectivity index (χ0v) is 21.5. The molecule has 4 heterocycles. The summed E-state index contributed by atoms with van der Waals surface area (Å²) >= 11 is 4.14. The zero-order valence-electron chi connectivity index (χ0n) is 17.2. The number of fused-ring (bicyclic) bond motifs is 5. The molecule has 2 unspecified atom stereocenters. The van der Waals surface area contributed by atoms with Crippen molar-refractivity contribution in [3.63, 3.8) is 0 Å². The van der Waals surface area contributed by atoms with E-state index in [4.69, 9.17) is 0 Å². The molecule has 1 saturated heterocycles. The van der Waals surface area contributed by atoms with Crippen LogP contribution in [-0.2, 0) is 4.79 Å². The highest BCUT2D eigenvalue weighted by Gasteiger charge is 2.45. The Bertz CT molecular complexity index is 1090. The molecule has 2 aliphatic heterocycles. The molecule has 11 heteroatoms. The van der Waals surface area contributed by atoms with Gasteiger partial charge in [0.2, 0.25) is 0 Å². The van der Waals surface area contributed by atoms with Crippen LogP contribution in [0.5, 0.6) is 0 Å². The lowest BCUT2D eigenvalue weighted by Gasteiger charge is -2.49. The second-order valence-corrected chi connectivity index (χ2v) is 10.3. The molecule has 4 rings (SSSR count). The first-order valence-electron chi connectivity index (χ1n) is 9.69. The van der Waals surface area contributed by atoms with Gasteiger partial charge in [0.05, 0.1) is 34.2 Å². The molecule has 0 bridgehead atoms. The first-order chi connectivity index (χ1) is 14.1. The van der Waals surface area contributed by atoms with Gasteiger partial charge >= 0.3 is 0 Å². The van der Waals surface area contributed by atoms with Crippen LogP contribution in [0.15, 0.2) is 10.9 Å². The predicted octanol–water partition coefficient (Wildman–Crippen LogP) is 2.18. The van der Waals surface area contributed by atoms with E-state index >= 15 is 0 Å². The highest BCUT2D eigenvalue weighted by Crippen LogP contribution is 2.42. The first kappa shape index (κ1) is 22.1. The molecule has 0 radical (unpaired) electrons. The smallest absolute Gasteiger partial charge is 0.287 e. The fourth-order valence-corrected chi connectivity index (χ4v) is 5.20. The molecular weight excluding hydrogens is 617 g/mol. The number of aromatic nitrogens is 2. The first-order valence-corrected chi connectivity index (χ1v) is 11.6. The van der Waals surface area contributed by atoms with E-state index in [2.05, 4.69) is 37.9 Å². The summed E-state index contributed by atoms with van der Waals surface area (Å²) in [6, 6.07) is 1.20. The molecule has 0 saturated carbocycles. The van der Waals surface area contributed by atoms with E-state index in [1.807, 2.05) is 46.8 Å². The minimum absolute atomic E-state index is 0.0914.